The molecule has 1 N–H and O–H groups in total. The molecule has 0 saturated carbocycles. The second-order valence-electron chi connectivity index (χ2n) is 8.52. The zero-order chi connectivity index (χ0) is 22.4. The number of carbonyl (C=O) groups excluding carboxylic acids is 1. The summed E-state index contributed by atoms with van der Waals surface area (Å²) >= 11 is 7.92. The number of piperazine rings is 1. The van der Waals surface area contributed by atoms with Crippen molar-refractivity contribution in [1.29, 1.82) is 0 Å². The third-order valence-electron chi connectivity index (χ3n) is 6.50. The molecule has 1 aliphatic carbocycles. The summed E-state index contributed by atoms with van der Waals surface area (Å²) < 4.78 is 0. The van der Waals surface area contributed by atoms with E-state index in [1.54, 1.807) is 12.3 Å². The van der Waals surface area contributed by atoms with Crippen molar-refractivity contribution in [3.8, 4) is 11.4 Å². The molecule has 1 amide bonds. The average Bonchev–Trinajstić information content (AvgIpc) is 3.52. The first-order valence-electron chi connectivity index (χ1n) is 11.3. The van der Waals surface area contributed by atoms with Gasteiger partial charge in [-0.05, 0) is 61.6 Å². The maximum Gasteiger partial charge on any atom is 0.271 e. The quantitative estimate of drug-likeness (QED) is 0.466. The molecule has 0 bridgehead atoms. The molecule has 4 aromatic rings. The molecule has 0 unspecified atom stereocenters. The van der Waals surface area contributed by atoms with Crippen molar-refractivity contribution >= 4 is 44.9 Å². The van der Waals surface area contributed by atoms with E-state index >= 15 is 0 Å². The molecule has 2 aliphatic rings. The summed E-state index contributed by atoms with van der Waals surface area (Å²) in [6, 6.07) is 9.43. The molecule has 9 heteroatoms. The van der Waals surface area contributed by atoms with Gasteiger partial charge in [-0.15, -0.1) is 11.3 Å². The lowest BCUT2D eigenvalue weighted by Crippen LogP contribution is -2.49. The Morgan fingerprint density at radius 3 is 2.55 bits per heavy atom. The zero-order valence-electron chi connectivity index (χ0n) is 18.1. The highest BCUT2D eigenvalue weighted by Crippen LogP contribution is 2.41. The van der Waals surface area contributed by atoms with Crippen LogP contribution in [-0.2, 0) is 12.8 Å². The number of aromatic amines is 1. The number of rotatable bonds is 3. The van der Waals surface area contributed by atoms with Gasteiger partial charge in [-0.3, -0.25) is 9.89 Å². The Balaban J connectivity index is 1.37. The standard InChI is InChI=1S/C24H23ClN6OS/c25-16-7-5-15(6-8-16)21-27-22(20-17-3-1-2-4-19(17)33-23(20)28-21)30-11-13-31(14-12-30)24(32)18-9-10-26-29-18/h5-10H,1-4,11-14H2,(H,26,29). The average molecular weight is 479 g/mol. The Morgan fingerprint density at radius 1 is 1.00 bits per heavy atom. The molecule has 6 rings (SSSR count). The highest BCUT2D eigenvalue weighted by molar-refractivity contribution is 7.19. The van der Waals surface area contributed by atoms with Gasteiger partial charge in [-0.25, -0.2) is 9.97 Å². The van der Waals surface area contributed by atoms with Gasteiger partial charge in [0, 0.05) is 47.8 Å². The van der Waals surface area contributed by atoms with Crippen molar-refractivity contribution in [2.24, 2.45) is 0 Å². The zero-order valence-corrected chi connectivity index (χ0v) is 19.6. The van der Waals surface area contributed by atoms with E-state index in [0.29, 0.717) is 23.8 Å². The Bertz CT molecular complexity index is 1310. The van der Waals surface area contributed by atoms with E-state index in [1.807, 2.05) is 40.5 Å². The number of nitrogens with zero attached hydrogens (tertiary/aromatic N) is 5. The molecule has 4 heterocycles. The Hall–Kier alpha value is -2.97. The predicted molar refractivity (Wildman–Crippen MR) is 131 cm³/mol. The Morgan fingerprint density at radius 2 is 1.79 bits per heavy atom. The first-order valence-corrected chi connectivity index (χ1v) is 12.5. The Kier molecular flexibility index (Phi) is 5.27. The molecular weight excluding hydrogens is 456 g/mol. The molecule has 33 heavy (non-hydrogen) atoms. The third-order valence-corrected chi connectivity index (χ3v) is 7.93. The number of hydrogen-bond acceptors (Lipinski definition) is 6. The van der Waals surface area contributed by atoms with E-state index in [2.05, 4.69) is 15.1 Å². The molecular formula is C24H23ClN6OS. The molecule has 1 saturated heterocycles. The number of thiophene rings is 1. The third kappa shape index (κ3) is 3.77. The van der Waals surface area contributed by atoms with Gasteiger partial charge in [0.2, 0.25) is 0 Å². The minimum atomic E-state index is -0.00486. The van der Waals surface area contributed by atoms with Crippen LogP contribution in [0, 0.1) is 0 Å². The van der Waals surface area contributed by atoms with Crippen LogP contribution in [0.3, 0.4) is 0 Å². The van der Waals surface area contributed by atoms with Gasteiger partial charge in [0.15, 0.2) is 5.82 Å². The van der Waals surface area contributed by atoms with Crippen molar-refractivity contribution < 1.29 is 4.79 Å². The van der Waals surface area contributed by atoms with Crippen LogP contribution < -0.4 is 4.90 Å². The number of aromatic nitrogens is 4. The highest BCUT2D eigenvalue weighted by Gasteiger charge is 2.28. The van der Waals surface area contributed by atoms with Crippen molar-refractivity contribution in [2.75, 3.05) is 31.1 Å². The predicted octanol–water partition coefficient (Wildman–Crippen LogP) is 4.58. The molecule has 3 aromatic heterocycles. The minimum Gasteiger partial charge on any atom is -0.352 e. The van der Waals surface area contributed by atoms with E-state index in [1.165, 1.54) is 28.7 Å². The summed E-state index contributed by atoms with van der Waals surface area (Å²) in [5.41, 5.74) is 2.92. The van der Waals surface area contributed by atoms with Crippen LogP contribution in [0.15, 0.2) is 36.5 Å². The number of hydrogen-bond donors (Lipinski definition) is 1. The number of carbonyl (C=O) groups is 1. The monoisotopic (exact) mass is 478 g/mol. The van der Waals surface area contributed by atoms with Crippen molar-refractivity contribution in [3.05, 3.63) is 57.7 Å². The molecule has 0 spiro atoms. The normalized spacial score (nSPS) is 16.3. The maximum absolute atomic E-state index is 12.7. The van der Waals surface area contributed by atoms with Crippen molar-refractivity contribution in [1.82, 2.24) is 25.1 Å². The van der Waals surface area contributed by atoms with Gasteiger partial charge in [0.25, 0.3) is 5.91 Å². The van der Waals surface area contributed by atoms with Crippen LogP contribution in [-0.4, -0.2) is 57.2 Å². The topological polar surface area (TPSA) is 78.0 Å². The maximum atomic E-state index is 12.7. The number of anilines is 1. The van der Waals surface area contributed by atoms with Gasteiger partial charge in [0.05, 0.1) is 5.39 Å². The van der Waals surface area contributed by atoms with Gasteiger partial charge in [-0.2, -0.15) is 5.10 Å². The summed E-state index contributed by atoms with van der Waals surface area (Å²) in [6.07, 6.45) is 6.27. The fourth-order valence-corrected chi connectivity index (χ4v) is 6.14. The van der Waals surface area contributed by atoms with E-state index in [0.717, 1.165) is 48.0 Å². The number of aryl methyl sites for hydroxylation is 2. The van der Waals surface area contributed by atoms with Crippen LogP contribution >= 0.6 is 22.9 Å². The van der Waals surface area contributed by atoms with Crippen LogP contribution in [0.4, 0.5) is 5.82 Å². The molecule has 168 valence electrons. The second-order valence-corrected chi connectivity index (χ2v) is 10.0. The molecule has 1 aromatic carbocycles. The SMILES string of the molecule is O=C(c1ccn[nH]1)N1CCN(c2nc(-c3ccc(Cl)cc3)nc3sc4c(c23)CCCC4)CC1. The lowest BCUT2D eigenvalue weighted by molar-refractivity contribution is 0.0740. The molecule has 0 atom stereocenters. The number of nitrogens with one attached hydrogen (secondary N) is 1. The van der Waals surface area contributed by atoms with E-state index in [9.17, 15) is 4.79 Å². The lowest BCUT2D eigenvalue weighted by Gasteiger charge is -2.35. The summed E-state index contributed by atoms with van der Waals surface area (Å²) in [6.45, 7) is 2.76. The van der Waals surface area contributed by atoms with Gasteiger partial charge in [-0.1, -0.05) is 11.6 Å². The molecule has 7 nitrogen and oxygen atoms in total. The minimum absolute atomic E-state index is 0.00486. The van der Waals surface area contributed by atoms with Crippen LogP contribution in [0.2, 0.25) is 5.02 Å². The second kappa shape index (κ2) is 8.43. The summed E-state index contributed by atoms with van der Waals surface area (Å²) in [7, 11) is 0. The van der Waals surface area contributed by atoms with Gasteiger partial charge < -0.3 is 9.80 Å². The first-order chi connectivity index (χ1) is 16.2. The summed E-state index contributed by atoms with van der Waals surface area (Å²) in [5.74, 6) is 1.72. The molecule has 1 fully saturated rings. The van der Waals surface area contributed by atoms with Crippen molar-refractivity contribution in [2.45, 2.75) is 25.7 Å². The molecule has 0 radical (unpaired) electrons. The first kappa shape index (κ1) is 20.6. The fourth-order valence-electron chi connectivity index (χ4n) is 4.76. The van der Waals surface area contributed by atoms with Gasteiger partial charge in [0.1, 0.15) is 16.3 Å². The van der Waals surface area contributed by atoms with Crippen LogP contribution in [0.1, 0.15) is 33.8 Å². The van der Waals surface area contributed by atoms with Crippen molar-refractivity contribution in [3.63, 3.8) is 0 Å². The fraction of sp³-hybridized carbons (Fsp3) is 0.333. The van der Waals surface area contributed by atoms with E-state index in [4.69, 9.17) is 21.6 Å². The number of H-pyrrole nitrogens is 1. The summed E-state index contributed by atoms with van der Waals surface area (Å²) in [5, 5.41) is 8.59. The van der Waals surface area contributed by atoms with E-state index < -0.39 is 0 Å². The number of benzene rings is 1. The Labute approximate surface area is 200 Å². The number of fused-ring (bicyclic) bond motifs is 3. The lowest BCUT2D eigenvalue weighted by atomic mass is 9.96. The van der Waals surface area contributed by atoms with Crippen LogP contribution in [0.25, 0.3) is 21.6 Å². The van der Waals surface area contributed by atoms with Crippen LogP contribution in [0.5, 0.6) is 0 Å². The highest BCUT2D eigenvalue weighted by atomic mass is 35.5. The molecule has 1 aliphatic heterocycles. The van der Waals surface area contributed by atoms with E-state index in [-0.39, 0.29) is 5.91 Å². The number of amides is 1. The largest absolute Gasteiger partial charge is 0.352 e. The van der Waals surface area contributed by atoms with Gasteiger partial charge >= 0.3 is 0 Å². The number of halogens is 1. The smallest absolute Gasteiger partial charge is 0.271 e. The summed E-state index contributed by atoms with van der Waals surface area (Å²) in [4.78, 5) is 29.5.